The molecule has 13 heavy (non-hydrogen) atoms. The van der Waals surface area contributed by atoms with Crippen molar-refractivity contribution in [2.45, 2.75) is 30.9 Å². The predicted octanol–water partition coefficient (Wildman–Crippen LogP) is 3.69. The van der Waals surface area contributed by atoms with Gasteiger partial charge in [-0.25, -0.2) is 0 Å². The average Bonchev–Trinajstić information content (AvgIpc) is 2.19. The van der Waals surface area contributed by atoms with Crippen molar-refractivity contribution in [3.8, 4) is 0 Å². The molecule has 0 aliphatic carbocycles. The van der Waals surface area contributed by atoms with Gasteiger partial charge in [-0.1, -0.05) is 37.3 Å². The van der Waals surface area contributed by atoms with Crippen molar-refractivity contribution in [3.63, 3.8) is 0 Å². The van der Waals surface area contributed by atoms with Crippen LogP contribution in [0.2, 0.25) is 0 Å². The first kappa shape index (κ1) is 9.14. The number of benzene rings is 1. The highest BCUT2D eigenvalue weighted by Crippen LogP contribution is 2.35. The Labute approximate surface area is 84.7 Å². The Morgan fingerprint density at radius 2 is 2.00 bits per heavy atom. The van der Waals surface area contributed by atoms with Gasteiger partial charge in [-0.15, -0.1) is 0 Å². The molecule has 0 bridgehead atoms. The second kappa shape index (κ2) is 4.19. The van der Waals surface area contributed by atoms with Gasteiger partial charge < -0.3 is 0 Å². The Kier molecular flexibility index (Phi) is 2.94. The van der Waals surface area contributed by atoms with Crippen LogP contribution in [0.3, 0.4) is 0 Å². The van der Waals surface area contributed by atoms with Crippen LogP contribution in [0.15, 0.2) is 30.3 Å². The van der Waals surface area contributed by atoms with Crippen molar-refractivity contribution in [1.82, 2.24) is 0 Å². The molecule has 2 atom stereocenters. The van der Waals surface area contributed by atoms with E-state index >= 15 is 0 Å². The lowest BCUT2D eigenvalue weighted by atomic mass is 9.92. The summed E-state index contributed by atoms with van der Waals surface area (Å²) >= 11 is 2.12. The van der Waals surface area contributed by atoms with Crippen LogP contribution >= 0.6 is 11.8 Å². The van der Waals surface area contributed by atoms with Gasteiger partial charge in [0, 0.05) is 5.25 Å². The van der Waals surface area contributed by atoms with Crippen LogP contribution in [0, 0.1) is 0 Å². The molecule has 1 saturated heterocycles. The molecular formula is C12H16S. The zero-order valence-electron chi connectivity index (χ0n) is 8.07. The maximum atomic E-state index is 2.35. The fourth-order valence-electron chi connectivity index (χ4n) is 2.03. The van der Waals surface area contributed by atoms with Crippen LogP contribution in [0.5, 0.6) is 0 Å². The quantitative estimate of drug-likeness (QED) is 0.654. The summed E-state index contributed by atoms with van der Waals surface area (Å²) in [5.74, 6) is 2.15. The molecule has 70 valence electrons. The zero-order valence-corrected chi connectivity index (χ0v) is 8.89. The van der Waals surface area contributed by atoms with Gasteiger partial charge in [0.2, 0.25) is 0 Å². The Morgan fingerprint density at radius 1 is 1.23 bits per heavy atom. The van der Waals surface area contributed by atoms with E-state index in [-0.39, 0.29) is 0 Å². The molecule has 0 spiro atoms. The first-order valence-electron chi connectivity index (χ1n) is 5.03. The van der Waals surface area contributed by atoms with Crippen molar-refractivity contribution in [2.75, 3.05) is 5.75 Å². The van der Waals surface area contributed by atoms with Crippen LogP contribution < -0.4 is 0 Å². The van der Waals surface area contributed by atoms with Crippen LogP contribution in [0.1, 0.15) is 31.2 Å². The summed E-state index contributed by atoms with van der Waals surface area (Å²) in [6.45, 7) is 2.35. The number of hydrogen-bond donors (Lipinski definition) is 0. The van der Waals surface area contributed by atoms with Gasteiger partial charge >= 0.3 is 0 Å². The molecule has 0 unspecified atom stereocenters. The molecule has 2 rings (SSSR count). The molecule has 0 aromatic heterocycles. The standard InChI is InChI=1S/C12H16S/c1-10-9-12(7-8-13-10)11-5-3-2-4-6-11/h2-6,10,12H,7-9H2,1H3/t10-,12-/m0/s1. The molecule has 1 aliphatic heterocycles. The van der Waals surface area contributed by atoms with Gasteiger partial charge in [-0.2, -0.15) is 11.8 Å². The fraction of sp³-hybridized carbons (Fsp3) is 0.500. The topological polar surface area (TPSA) is 0 Å². The van der Waals surface area contributed by atoms with E-state index < -0.39 is 0 Å². The SMILES string of the molecule is C[C@H]1C[C@@H](c2ccccc2)CCS1. The van der Waals surface area contributed by atoms with E-state index in [1.165, 1.54) is 24.2 Å². The van der Waals surface area contributed by atoms with Crippen LogP contribution in [0.25, 0.3) is 0 Å². The van der Waals surface area contributed by atoms with Crippen LogP contribution in [-0.4, -0.2) is 11.0 Å². The van der Waals surface area contributed by atoms with Crippen molar-refractivity contribution in [3.05, 3.63) is 35.9 Å². The van der Waals surface area contributed by atoms with Gasteiger partial charge in [0.05, 0.1) is 0 Å². The molecule has 0 saturated carbocycles. The van der Waals surface area contributed by atoms with E-state index in [1.807, 2.05) is 0 Å². The summed E-state index contributed by atoms with van der Waals surface area (Å²) in [6, 6.07) is 11.0. The molecule has 0 nitrogen and oxygen atoms in total. The summed E-state index contributed by atoms with van der Waals surface area (Å²) in [5, 5.41) is 0.846. The summed E-state index contributed by atoms with van der Waals surface area (Å²) in [4.78, 5) is 0. The van der Waals surface area contributed by atoms with Gasteiger partial charge in [-0.05, 0) is 30.1 Å². The Morgan fingerprint density at radius 3 is 2.69 bits per heavy atom. The lowest BCUT2D eigenvalue weighted by molar-refractivity contribution is 0.589. The zero-order chi connectivity index (χ0) is 9.10. The van der Waals surface area contributed by atoms with Crippen molar-refractivity contribution < 1.29 is 0 Å². The predicted molar refractivity (Wildman–Crippen MR) is 60.3 cm³/mol. The van der Waals surface area contributed by atoms with Gasteiger partial charge in [0.1, 0.15) is 0 Å². The molecule has 1 aromatic carbocycles. The molecule has 1 aromatic rings. The summed E-state index contributed by atoms with van der Waals surface area (Å²) < 4.78 is 0. The molecule has 0 N–H and O–H groups in total. The Bertz CT molecular complexity index is 255. The largest absolute Gasteiger partial charge is 0.159 e. The van der Waals surface area contributed by atoms with E-state index in [2.05, 4.69) is 49.0 Å². The minimum Gasteiger partial charge on any atom is -0.159 e. The minimum atomic E-state index is 0.817. The highest BCUT2D eigenvalue weighted by Gasteiger charge is 2.19. The fourth-order valence-corrected chi connectivity index (χ4v) is 3.22. The highest BCUT2D eigenvalue weighted by molar-refractivity contribution is 7.99. The van der Waals surface area contributed by atoms with Crippen LogP contribution in [-0.2, 0) is 0 Å². The van der Waals surface area contributed by atoms with Crippen LogP contribution in [0.4, 0.5) is 0 Å². The minimum absolute atomic E-state index is 0.817. The number of hydrogen-bond acceptors (Lipinski definition) is 1. The second-order valence-electron chi connectivity index (χ2n) is 3.81. The van der Waals surface area contributed by atoms with E-state index in [0.29, 0.717) is 0 Å². The highest BCUT2D eigenvalue weighted by atomic mass is 32.2. The monoisotopic (exact) mass is 192 g/mol. The molecule has 0 amide bonds. The first-order chi connectivity index (χ1) is 6.36. The van der Waals surface area contributed by atoms with Crippen molar-refractivity contribution >= 4 is 11.8 Å². The lowest BCUT2D eigenvalue weighted by Gasteiger charge is -2.26. The summed E-state index contributed by atoms with van der Waals surface area (Å²) in [6.07, 6.45) is 2.72. The Hall–Kier alpha value is -0.430. The molecule has 1 fully saturated rings. The van der Waals surface area contributed by atoms with E-state index in [9.17, 15) is 0 Å². The molecule has 1 aliphatic rings. The normalized spacial score (nSPS) is 28.7. The third-order valence-corrected chi connectivity index (χ3v) is 3.99. The maximum absolute atomic E-state index is 2.35. The smallest absolute Gasteiger partial charge is 0.00245 e. The van der Waals surface area contributed by atoms with Gasteiger partial charge in [0.15, 0.2) is 0 Å². The van der Waals surface area contributed by atoms with E-state index in [1.54, 1.807) is 0 Å². The number of thioether (sulfide) groups is 1. The molecule has 1 heteroatoms. The molecular weight excluding hydrogens is 176 g/mol. The van der Waals surface area contributed by atoms with Crippen molar-refractivity contribution in [1.29, 1.82) is 0 Å². The summed E-state index contributed by atoms with van der Waals surface area (Å²) in [5.41, 5.74) is 1.54. The Balaban J connectivity index is 2.08. The van der Waals surface area contributed by atoms with Gasteiger partial charge in [-0.3, -0.25) is 0 Å². The third kappa shape index (κ3) is 2.28. The second-order valence-corrected chi connectivity index (χ2v) is 5.36. The first-order valence-corrected chi connectivity index (χ1v) is 6.07. The average molecular weight is 192 g/mol. The molecule has 1 heterocycles. The summed E-state index contributed by atoms with van der Waals surface area (Å²) in [7, 11) is 0. The van der Waals surface area contributed by atoms with Crippen molar-refractivity contribution in [2.24, 2.45) is 0 Å². The van der Waals surface area contributed by atoms with Gasteiger partial charge in [0.25, 0.3) is 0 Å². The molecule has 0 radical (unpaired) electrons. The lowest BCUT2D eigenvalue weighted by Crippen LogP contribution is -2.14. The maximum Gasteiger partial charge on any atom is 0.00245 e. The number of rotatable bonds is 1. The third-order valence-electron chi connectivity index (χ3n) is 2.76. The van der Waals surface area contributed by atoms with E-state index in [4.69, 9.17) is 0 Å². The van der Waals surface area contributed by atoms with E-state index in [0.717, 1.165) is 11.2 Å².